The lowest BCUT2D eigenvalue weighted by Crippen LogP contribution is -2.39. The third-order valence-corrected chi connectivity index (χ3v) is 5.95. The normalized spacial score (nSPS) is 15.1. The summed E-state index contributed by atoms with van der Waals surface area (Å²) in [4.78, 5) is 18.8. The van der Waals surface area contributed by atoms with E-state index in [1.165, 1.54) is 11.3 Å². The SMILES string of the molecule is O=C(OCc1cncs1)N1CCC(CCOc2cccc(Cl)c2Cl)CC1. The number of halogens is 2. The van der Waals surface area contributed by atoms with Gasteiger partial charge in [-0.2, -0.15) is 0 Å². The molecule has 3 rings (SSSR count). The van der Waals surface area contributed by atoms with Gasteiger partial charge in [-0.05, 0) is 37.3 Å². The lowest BCUT2D eigenvalue weighted by Gasteiger charge is -2.31. The molecular weight excluding hydrogens is 395 g/mol. The highest BCUT2D eigenvalue weighted by Crippen LogP contribution is 2.32. The Morgan fingerprint density at radius 1 is 1.31 bits per heavy atom. The summed E-state index contributed by atoms with van der Waals surface area (Å²) in [5.74, 6) is 1.14. The zero-order valence-corrected chi connectivity index (χ0v) is 16.5. The van der Waals surface area contributed by atoms with Gasteiger partial charge in [0.25, 0.3) is 0 Å². The molecule has 0 bridgehead atoms. The van der Waals surface area contributed by atoms with Gasteiger partial charge in [0.2, 0.25) is 0 Å². The minimum atomic E-state index is -0.251. The minimum absolute atomic E-state index is 0.251. The fourth-order valence-electron chi connectivity index (χ4n) is 2.87. The zero-order chi connectivity index (χ0) is 18.4. The summed E-state index contributed by atoms with van der Waals surface area (Å²) in [5.41, 5.74) is 1.73. The van der Waals surface area contributed by atoms with Crippen molar-refractivity contribution in [2.75, 3.05) is 19.7 Å². The third-order valence-electron chi connectivity index (χ3n) is 4.39. The van der Waals surface area contributed by atoms with Crippen molar-refractivity contribution in [3.05, 3.63) is 44.8 Å². The molecule has 0 atom stereocenters. The fraction of sp³-hybridized carbons (Fsp3) is 0.444. The number of carbonyl (C=O) groups is 1. The molecule has 0 N–H and O–H groups in total. The van der Waals surface area contributed by atoms with E-state index in [-0.39, 0.29) is 12.7 Å². The average molecular weight is 415 g/mol. The average Bonchev–Trinajstić information content (AvgIpc) is 3.17. The van der Waals surface area contributed by atoms with Crippen LogP contribution in [-0.2, 0) is 11.3 Å². The third kappa shape index (κ3) is 5.25. The highest BCUT2D eigenvalue weighted by molar-refractivity contribution is 7.09. The van der Waals surface area contributed by atoms with Crippen molar-refractivity contribution in [2.45, 2.75) is 25.9 Å². The Hall–Kier alpha value is -1.50. The van der Waals surface area contributed by atoms with Crippen LogP contribution in [0.5, 0.6) is 5.75 Å². The number of benzene rings is 1. The van der Waals surface area contributed by atoms with Gasteiger partial charge in [-0.3, -0.25) is 4.98 Å². The number of rotatable bonds is 6. The van der Waals surface area contributed by atoms with Gasteiger partial charge in [-0.15, -0.1) is 11.3 Å². The number of likely N-dealkylation sites (tertiary alicyclic amines) is 1. The first kappa shape index (κ1) is 19.3. The second-order valence-electron chi connectivity index (χ2n) is 6.14. The summed E-state index contributed by atoms with van der Waals surface area (Å²) >= 11 is 13.6. The lowest BCUT2D eigenvalue weighted by atomic mass is 9.94. The van der Waals surface area contributed by atoms with E-state index >= 15 is 0 Å². The molecule has 0 aliphatic carbocycles. The molecular formula is C18H20Cl2N2O3S. The van der Waals surface area contributed by atoms with Gasteiger partial charge < -0.3 is 14.4 Å². The van der Waals surface area contributed by atoms with E-state index in [0.29, 0.717) is 41.4 Å². The van der Waals surface area contributed by atoms with Crippen LogP contribution in [0.15, 0.2) is 29.9 Å². The number of amides is 1. The predicted molar refractivity (Wildman–Crippen MR) is 103 cm³/mol. The number of hydrogen-bond donors (Lipinski definition) is 0. The Balaban J connectivity index is 1.35. The van der Waals surface area contributed by atoms with Crippen LogP contribution in [-0.4, -0.2) is 35.7 Å². The minimum Gasteiger partial charge on any atom is -0.492 e. The summed E-state index contributed by atoms with van der Waals surface area (Å²) < 4.78 is 11.1. The first-order chi connectivity index (χ1) is 12.6. The molecule has 1 fully saturated rings. The van der Waals surface area contributed by atoms with E-state index in [1.807, 2.05) is 12.1 Å². The number of hydrogen-bond acceptors (Lipinski definition) is 5. The maximum absolute atomic E-state index is 12.1. The van der Waals surface area contributed by atoms with Gasteiger partial charge in [0, 0.05) is 19.3 Å². The van der Waals surface area contributed by atoms with E-state index in [2.05, 4.69) is 4.98 Å². The molecule has 1 aromatic carbocycles. The molecule has 8 heteroatoms. The van der Waals surface area contributed by atoms with Crippen LogP contribution in [0.1, 0.15) is 24.1 Å². The monoisotopic (exact) mass is 414 g/mol. The summed E-state index contributed by atoms with van der Waals surface area (Å²) in [6.07, 6.45) is 4.28. The van der Waals surface area contributed by atoms with Crippen LogP contribution in [0.2, 0.25) is 10.0 Å². The maximum atomic E-state index is 12.1. The molecule has 1 aliphatic heterocycles. The van der Waals surface area contributed by atoms with Crippen LogP contribution in [0, 0.1) is 5.92 Å². The Morgan fingerprint density at radius 3 is 2.85 bits per heavy atom. The lowest BCUT2D eigenvalue weighted by molar-refractivity contribution is 0.0807. The van der Waals surface area contributed by atoms with E-state index < -0.39 is 0 Å². The Labute approximate surface area is 166 Å². The molecule has 5 nitrogen and oxygen atoms in total. The quantitative estimate of drug-likeness (QED) is 0.645. The fourth-order valence-corrected chi connectivity index (χ4v) is 3.73. The Morgan fingerprint density at radius 2 is 2.12 bits per heavy atom. The first-order valence-corrected chi connectivity index (χ1v) is 10.1. The van der Waals surface area contributed by atoms with Crippen molar-refractivity contribution in [2.24, 2.45) is 5.92 Å². The van der Waals surface area contributed by atoms with Crippen molar-refractivity contribution in [1.29, 1.82) is 0 Å². The number of nitrogens with zero attached hydrogens (tertiary/aromatic N) is 2. The van der Waals surface area contributed by atoms with Crippen molar-refractivity contribution < 1.29 is 14.3 Å². The van der Waals surface area contributed by atoms with Gasteiger partial charge in [-0.1, -0.05) is 29.3 Å². The second kappa shape index (κ2) is 9.44. The van der Waals surface area contributed by atoms with Crippen LogP contribution in [0.25, 0.3) is 0 Å². The first-order valence-electron chi connectivity index (χ1n) is 8.49. The van der Waals surface area contributed by atoms with Crippen LogP contribution < -0.4 is 4.74 Å². The van der Waals surface area contributed by atoms with Gasteiger partial charge >= 0.3 is 6.09 Å². The molecule has 140 valence electrons. The van der Waals surface area contributed by atoms with E-state index in [4.69, 9.17) is 32.7 Å². The van der Waals surface area contributed by atoms with Crippen molar-refractivity contribution in [3.63, 3.8) is 0 Å². The van der Waals surface area contributed by atoms with Crippen LogP contribution in [0.4, 0.5) is 4.79 Å². The predicted octanol–water partition coefficient (Wildman–Crippen LogP) is 5.27. The largest absolute Gasteiger partial charge is 0.492 e. The summed E-state index contributed by atoms with van der Waals surface area (Å²) in [6.45, 7) is 2.30. The zero-order valence-electron chi connectivity index (χ0n) is 14.2. The van der Waals surface area contributed by atoms with Crippen LogP contribution in [0.3, 0.4) is 0 Å². The molecule has 0 spiro atoms. The molecule has 1 aliphatic rings. The summed E-state index contributed by atoms with van der Waals surface area (Å²) in [7, 11) is 0. The molecule has 26 heavy (non-hydrogen) atoms. The molecule has 0 saturated carbocycles. The molecule has 1 aromatic heterocycles. The standard InChI is InChI=1S/C18H20Cl2N2O3S/c19-15-2-1-3-16(17(15)20)24-9-6-13-4-7-22(8-5-13)18(23)25-11-14-10-21-12-26-14/h1-3,10,12-13H,4-9,11H2. The van der Waals surface area contributed by atoms with Gasteiger partial charge in [0.1, 0.15) is 17.4 Å². The van der Waals surface area contributed by atoms with Gasteiger partial charge in [-0.25, -0.2) is 4.79 Å². The second-order valence-corrected chi connectivity index (χ2v) is 7.90. The van der Waals surface area contributed by atoms with E-state index in [1.54, 1.807) is 22.7 Å². The molecule has 2 heterocycles. The molecule has 1 amide bonds. The van der Waals surface area contributed by atoms with Gasteiger partial charge in [0.05, 0.1) is 22.0 Å². The van der Waals surface area contributed by atoms with Crippen molar-refractivity contribution in [3.8, 4) is 5.75 Å². The number of piperidine rings is 1. The van der Waals surface area contributed by atoms with Crippen molar-refractivity contribution in [1.82, 2.24) is 9.88 Å². The molecule has 0 radical (unpaired) electrons. The highest BCUT2D eigenvalue weighted by atomic mass is 35.5. The van der Waals surface area contributed by atoms with Crippen LogP contribution >= 0.6 is 34.5 Å². The van der Waals surface area contributed by atoms with E-state index in [0.717, 1.165) is 24.1 Å². The Kier molecular flexibility index (Phi) is 7.00. The van der Waals surface area contributed by atoms with Gasteiger partial charge in [0.15, 0.2) is 0 Å². The molecule has 0 unspecified atom stereocenters. The Bertz CT molecular complexity index is 719. The van der Waals surface area contributed by atoms with Crippen molar-refractivity contribution >= 4 is 40.6 Å². The van der Waals surface area contributed by atoms with E-state index in [9.17, 15) is 4.79 Å². The number of thiazole rings is 1. The topological polar surface area (TPSA) is 51.7 Å². The number of ether oxygens (including phenoxy) is 2. The molecule has 2 aromatic rings. The number of aromatic nitrogens is 1. The summed E-state index contributed by atoms with van der Waals surface area (Å²) in [6, 6.07) is 5.37. The maximum Gasteiger partial charge on any atom is 0.410 e. The number of carbonyl (C=O) groups excluding carboxylic acids is 1. The summed E-state index contributed by atoms with van der Waals surface area (Å²) in [5, 5.41) is 0.946. The smallest absolute Gasteiger partial charge is 0.410 e. The molecule has 1 saturated heterocycles. The highest BCUT2D eigenvalue weighted by Gasteiger charge is 2.24.